The SMILES string of the molecule is Cc1cc2cc(C(C)(C)C)ccc2c(C)n1.Cc1nncc2cc(C(C)(C)C)ccc12. The molecular formula is C28H35N3. The minimum absolute atomic E-state index is 0.186. The number of aromatic nitrogens is 3. The van der Waals surface area contributed by atoms with E-state index in [1.807, 2.05) is 13.1 Å². The van der Waals surface area contributed by atoms with Crippen molar-refractivity contribution in [1.29, 1.82) is 0 Å². The Morgan fingerprint density at radius 3 is 1.68 bits per heavy atom. The van der Waals surface area contributed by atoms with E-state index >= 15 is 0 Å². The van der Waals surface area contributed by atoms with Crippen LogP contribution < -0.4 is 0 Å². The van der Waals surface area contributed by atoms with Gasteiger partial charge < -0.3 is 0 Å². The Hall–Kier alpha value is -2.81. The zero-order chi connectivity index (χ0) is 23.0. The lowest BCUT2D eigenvalue weighted by molar-refractivity contribution is 0.591. The van der Waals surface area contributed by atoms with E-state index < -0.39 is 0 Å². The molecule has 0 spiro atoms. The Balaban J connectivity index is 0.000000176. The third-order valence-corrected chi connectivity index (χ3v) is 5.73. The van der Waals surface area contributed by atoms with Gasteiger partial charge in [0.2, 0.25) is 0 Å². The third-order valence-electron chi connectivity index (χ3n) is 5.73. The van der Waals surface area contributed by atoms with Crippen molar-refractivity contribution in [1.82, 2.24) is 15.2 Å². The fraction of sp³-hybridized carbons (Fsp3) is 0.393. The number of rotatable bonds is 0. The molecule has 3 heteroatoms. The summed E-state index contributed by atoms with van der Waals surface area (Å²) in [6.07, 6.45) is 1.83. The summed E-state index contributed by atoms with van der Waals surface area (Å²) in [5.74, 6) is 0. The van der Waals surface area contributed by atoms with Crippen molar-refractivity contribution in [2.45, 2.75) is 73.1 Å². The molecule has 0 atom stereocenters. The second-order valence-electron chi connectivity index (χ2n) is 10.5. The summed E-state index contributed by atoms with van der Waals surface area (Å²) < 4.78 is 0. The van der Waals surface area contributed by atoms with Gasteiger partial charge in [0.25, 0.3) is 0 Å². The van der Waals surface area contributed by atoms with Gasteiger partial charge in [0.05, 0.1) is 11.9 Å². The van der Waals surface area contributed by atoms with Crippen molar-refractivity contribution in [2.75, 3.05) is 0 Å². The highest BCUT2D eigenvalue weighted by atomic mass is 15.1. The number of hydrogen-bond donors (Lipinski definition) is 0. The first kappa shape index (κ1) is 22.9. The van der Waals surface area contributed by atoms with Gasteiger partial charge in [-0.05, 0) is 60.2 Å². The number of fused-ring (bicyclic) bond motifs is 2. The molecule has 0 fully saturated rings. The van der Waals surface area contributed by atoms with Crippen molar-refractivity contribution >= 4 is 21.5 Å². The van der Waals surface area contributed by atoms with E-state index in [0.29, 0.717) is 0 Å². The first-order chi connectivity index (χ1) is 14.4. The summed E-state index contributed by atoms with van der Waals surface area (Å²) in [5, 5.41) is 13.0. The Bertz CT molecular complexity index is 1220. The third kappa shape index (κ3) is 5.28. The van der Waals surface area contributed by atoms with E-state index in [1.165, 1.54) is 32.7 Å². The lowest BCUT2D eigenvalue weighted by Crippen LogP contribution is -2.10. The van der Waals surface area contributed by atoms with E-state index in [0.717, 1.165) is 17.1 Å². The van der Waals surface area contributed by atoms with Gasteiger partial charge in [-0.1, -0.05) is 71.9 Å². The normalized spacial score (nSPS) is 12.0. The lowest BCUT2D eigenvalue weighted by Gasteiger charge is -2.19. The molecule has 0 unspecified atom stereocenters. The molecule has 0 amide bonds. The van der Waals surface area contributed by atoms with E-state index in [-0.39, 0.29) is 10.8 Å². The van der Waals surface area contributed by atoms with Crippen molar-refractivity contribution in [3.63, 3.8) is 0 Å². The van der Waals surface area contributed by atoms with Gasteiger partial charge in [0, 0.05) is 27.5 Å². The smallest absolute Gasteiger partial charge is 0.0678 e. The summed E-state index contributed by atoms with van der Waals surface area (Å²) in [7, 11) is 0. The number of aryl methyl sites for hydroxylation is 3. The maximum Gasteiger partial charge on any atom is 0.0678 e. The number of pyridine rings is 1. The van der Waals surface area contributed by atoms with Gasteiger partial charge in [-0.25, -0.2) is 0 Å². The van der Waals surface area contributed by atoms with Crippen LogP contribution in [-0.4, -0.2) is 15.2 Å². The highest BCUT2D eigenvalue weighted by Crippen LogP contribution is 2.28. The fourth-order valence-electron chi connectivity index (χ4n) is 3.76. The van der Waals surface area contributed by atoms with Crippen LogP contribution in [0, 0.1) is 20.8 Å². The first-order valence-electron chi connectivity index (χ1n) is 11.0. The number of hydrogen-bond acceptors (Lipinski definition) is 3. The molecule has 0 aliphatic heterocycles. The molecule has 4 rings (SSSR count). The minimum atomic E-state index is 0.186. The van der Waals surface area contributed by atoms with Crippen LogP contribution in [0.2, 0.25) is 0 Å². The Kier molecular flexibility index (Phi) is 6.18. The summed E-state index contributed by atoms with van der Waals surface area (Å²) >= 11 is 0. The molecule has 2 aromatic heterocycles. The predicted molar refractivity (Wildman–Crippen MR) is 133 cm³/mol. The topological polar surface area (TPSA) is 38.7 Å². The molecule has 0 N–H and O–H groups in total. The number of nitrogens with zero attached hydrogens (tertiary/aromatic N) is 3. The maximum atomic E-state index is 4.49. The second kappa shape index (κ2) is 8.37. The van der Waals surface area contributed by atoms with Crippen LogP contribution in [0.4, 0.5) is 0 Å². The van der Waals surface area contributed by atoms with E-state index in [9.17, 15) is 0 Å². The van der Waals surface area contributed by atoms with E-state index in [4.69, 9.17) is 0 Å². The van der Waals surface area contributed by atoms with Gasteiger partial charge in [0.15, 0.2) is 0 Å². The second-order valence-corrected chi connectivity index (χ2v) is 10.5. The standard InChI is InChI=1S/C15H19N.C13H16N2/c1-10-8-12-9-13(15(3,4)5)6-7-14(12)11(2)16-10;1-9-12-6-5-11(13(2,3)4)7-10(12)8-14-15-9/h6-9H,1-5H3;5-8H,1-4H3. The highest BCUT2D eigenvalue weighted by molar-refractivity contribution is 5.86. The van der Waals surface area contributed by atoms with Crippen LogP contribution in [0.1, 0.15) is 69.8 Å². The average Bonchev–Trinajstić information content (AvgIpc) is 2.66. The maximum absolute atomic E-state index is 4.49. The van der Waals surface area contributed by atoms with E-state index in [2.05, 4.69) is 113 Å². The monoisotopic (exact) mass is 413 g/mol. The molecule has 162 valence electrons. The van der Waals surface area contributed by atoms with Crippen molar-refractivity contribution in [3.8, 4) is 0 Å². The van der Waals surface area contributed by atoms with E-state index in [1.54, 1.807) is 0 Å². The molecule has 0 saturated carbocycles. The molecule has 2 aromatic carbocycles. The quantitative estimate of drug-likeness (QED) is 0.302. The van der Waals surface area contributed by atoms with Crippen LogP contribution >= 0.6 is 0 Å². The van der Waals surface area contributed by atoms with Crippen molar-refractivity contribution < 1.29 is 0 Å². The molecule has 0 radical (unpaired) electrons. The molecular weight excluding hydrogens is 378 g/mol. The van der Waals surface area contributed by atoms with Gasteiger partial charge in [-0.2, -0.15) is 10.2 Å². The number of benzene rings is 2. The Morgan fingerprint density at radius 2 is 1.13 bits per heavy atom. The molecule has 0 bridgehead atoms. The molecule has 0 aliphatic carbocycles. The van der Waals surface area contributed by atoms with Crippen molar-refractivity contribution in [2.24, 2.45) is 0 Å². The highest BCUT2D eigenvalue weighted by Gasteiger charge is 2.15. The lowest BCUT2D eigenvalue weighted by atomic mass is 9.86. The molecule has 2 heterocycles. The van der Waals surface area contributed by atoms with Gasteiger partial charge in [-0.15, -0.1) is 0 Å². The molecule has 3 nitrogen and oxygen atoms in total. The van der Waals surface area contributed by atoms with Crippen LogP contribution in [0.3, 0.4) is 0 Å². The molecule has 0 aliphatic rings. The Morgan fingerprint density at radius 1 is 0.613 bits per heavy atom. The fourth-order valence-corrected chi connectivity index (χ4v) is 3.76. The van der Waals surface area contributed by atoms with Crippen LogP contribution in [0.25, 0.3) is 21.5 Å². The van der Waals surface area contributed by atoms with Crippen LogP contribution in [0.5, 0.6) is 0 Å². The molecule has 31 heavy (non-hydrogen) atoms. The summed E-state index contributed by atoms with van der Waals surface area (Å²) in [5.41, 5.74) is 6.32. The zero-order valence-electron chi connectivity index (χ0n) is 20.5. The van der Waals surface area contributed by atoms with Gasteiger partial charge in [-0.3, -0.25) is 4.98 Å². The van der Waals surface area contributed by atoms with Crippen LogP contribution in [-0.2, 0) is 10.8 Å². The van der Waals surface area contributed by atoms with Crippen LogP contribution in [0.15, 0.2) is 48.7 Å². The van der Waals surface area contributed by atoms with Crippen molar-refractivity contribution in [3.05, 3.63) is 76.9 Å². The van der Waals surface area contributed by atoms with Gasteiger partial charge in [0.1, 0.15) is 0 Å². The minimum Gasteiger partial charge on any atom is -0.258 e. The first-order valence-corrected chi connectivity index (χ1v) is 11.0. The summed E-state index contributed by atoms with van der Waals surface area (Å²) in [6.45, 7) is 19.5. The molecule has 0 saturated heterocycles. The molecule has 4 aromatic rings. The largest absolute Gasteiger partial charge is 0.258 e. The summed E-state index contributed by atoms with van der Waals surface area (Å²) in [6, 6.07) is 15.4. The van der Waals surface area contributed by atoms with Gasteiger partial charge >= 0.3 is 0 Å². The average molecular weight is 414 g/mol. The summed E-state index contributed by atoms with van der Waals surface area (Å²) in [4.78, 5) is 4.49. The zero-order valence-corrected chi connectivity index (χ0v) is 20.5. The predicted octanol–water partition coefficient (Wildman–Crippen LogP) is 7.38. The Labute approximate surface area is 186 Å².